The molecule has 0 bridgehead atoms. The van der Waals surface area contributed by atoms with Crippen LogP contribution in [0, 0.1) is 30.9 Å². The SMILES string of the molecule is Cc1nc(Sc2cccc(NN)c2[N+](=O)[O-])nc(C)c1C. The van der Waals surface area contributed by atoms with E-state index < -0.39 is 4.92 Å². The summed E-state index contributed by atoms with van der Waals surface area (Å²) in [6, 6.07) is 4.89. The van der Waals surface area contributed by atoms with Crippen molar-refractivity contribution in [1.29, 1.82) is 0 Å². The van der Waals surface area contributed by atoms with E-state index in [2.05, 4.69) is 15.4 Å². The number of benzene rings is 1. The van der Waals surface area contributed by atoms with E-state index in [9.17, 15) is 10.1 Å². The summed E-state index contributed by atoms with van der Waals surface area (Å²) in [6.45, 7) is 5.72. The van der Waals surface area contributed by atoms with Crippen LogP contribution in [0.15, 0.2) is 28.3 Å². The van der Waals surface area contributed by atoms with E-state index in [0.29, 0.717) is 10.1 Å². The maximum atomic E-state index is 11.2. The van der Waals surface area contributed by atoms with Gasteiger partial charge < -0.3 is 5.43 Å². The fourth-order valence-electron chi connectivity index (χ4n) is 1.79. The number of hydrogen-bond donors (Lipinski definition) is 2. The molecule has 0 fully saturated rings. The number of hydrazine groups is 1. The van der Waals surface area contributed by atoms with Crippen molar-refractivity contribution < 1.29 is 4.92 Å². The number of anilines is 1. The molecule has 2 rings (SSSR count). The lowest BCUT2D eigenvalue weighted by Gasteiger charge is -2.08. The Balaban J connectivity index is 2.47. The number of para-hydroxylation sites is 1. The van der Waals surface area contributed by atoms with Gasteiger partial charge in [-0.1, -0.05) is 6.07 Å². The number of nitrogen functional groups attached to an aromatic ring is 1. The lowest BCUT2D eigenvalue weighted by atomic mass is 10.2. The molecule has 1 aromatic heterocycles. The minimum absolute atomic E-state index is 0.0792. The Labute approximate surface area is 126 Å². The minimum Gasteiger partial charge on any atom is -0.318 e. The summed E-state index contributed by atoms with van der Waals surface area (Å²) in [5.41, 5.74) is 5.26. The summed E-state index contributed by atoms with van der Waals surface area (Å²) in [5, 5.41) is 11.7. The Hall–Kier alpha value is -2.19. The molecule has 0 spiro atoms. The molecule has 0 saturated heterocycles. The van der Waals surface area contributed by atoms with Crippen molar-refractivity contribution >= 4 is 23.1 Å². The highest BCUT2D eigenvalue weighted by Crippen LogP contribution is 2.37. The fraction of sp³-hybridized carbons (Fsp3) is 0.231. The van der Waals surface area contributed by atoms with Gasteiger partial charge in [0.25, 0.3) is 0 Å². The van der Waals surface area contributed by atoms with Gasteiger partial charge in [0.15, 0.2) is 5.16 Å². The van der Waals surface area contributed by atoms with Gasteiger partial charge in [0.05, 0.1) is 9.82 Å². The second-order valence-electron chi connectivity index (χ2n) is 4.46. The molecule has 0 aliphatic carbocycles. The first-order chi connectivity index (χ1) is 9.93. The highest BCUT2D eigenvalue weighted by atomic mass is 32.2. The third kappa shape index (κ3) is 3.11. The molecule has 0 amide bonds. The first-order valence-corrected chi connectivity index (χ1v) is 6.99. The predicted octanol–water partition coefficient (Wildman–Crippen LogP) is 2.75. The zero-order chi connectivity index (χ0) is 15.6. The van der Waals surface area contributed by atoms with Crippen LogP contribution in [-0.4, -0.2) is 14.9 Å². The summed E-state index contributed by atoms with van der Waals surface area (Å²) in [5.74, 6) is 5.32. The van der Waals surface area contributed by atoms with E-state index in [1.54, 1.807) is 18.2 Å². The predicted molar refractivity (Wildman–Crippen MR) is 81.3 cm³/mol. The van der Waals surface area contributed by atoms with Gasteiger partial charge in [-0.05, 0) is 50.2 Å². The molecule has 0 aliphatic heterocycles. The largest absolute Gasteiger partial charge is 0.318 e. The second-order valence-corrected chi connectivity index (χ2v) is 5.47. The number of nitro groups is 1. The Morgan fingerprint density at radius 1 is 1.24 bits per heavy atom. The van der Waals surface area contributed by atoms with Gasteiger partial charge >= 0.3 is 5.69 Å². The van der Waals surface area contributed by atoms with Crippen molar-refractivity contribution in [3.63, 3.8) is 0 Å². The average molecular weight is 305 g/mol. The highest BCUT2D eigenvalue weighted by molar-refractivity contribution is 7.99. The summed E-state index contributed by atoms with van der Waals surface area (Å²) in [6.07, 6.45) is 0. The fourth-order valence-corrected chi connectivity index (χ4v) is 2.78. The van der Waals surface area contributed by atoms with Crippen LogP contribution in [0.1, 0.15) is 17.0 Å². The first kappa shape index (κ1) is 15.2. The van der Waals surface area contributed by atoms with Crippen molar-refractivity contribution in [2.24, 2.45) is 5.84 Å². The molecule has 2 aromatic rings. The van der Waals surface area contributed by atoms with E-state index in [1.807, 2.05) is 20.8 Å². The first-order valence-electron chi connectivity index (χ1n) is 6.17. The summed E-state index contributed by atoms with van der Waals surface area (Å²) in [7, 11) is 0. The van der Waals surface area contributed by atoms with Gasteiger partial charge in [-0.25, -0.2) is 9.97 Å². The standard InChI is InChI=1S/C13H15N5O2S/c1-7-8(2)15-13(16-9(7)3)21-11-6-4-5-10(17-14)12(11)18(19)20/h4-6,17H,14H2,1-3H3. The molecule has 21 heavy (non-hydrogen) atoms. The van der Waals surface area contributed by atoms with Crippen molar-refractivity contribution in [2.45, 2.75) is 30.8 Å². The molecule has 0 atom stereocenters. The van der Waals surface area contributed by atoms with E-state index in [4.69, 9.17) is 5.84 Å². The molecule has 0 radical (unpaired) electrons. The molecule has 0 saturated carbocycles. The van der Waals surface area contributed by atoms with Crippen LogP contribution in [0.25, 0.3) is 0 Å². The third-order valence-electron chi connectivity index (χ3n) is 3.15. The van der Waals surface area contributed by atoms with E-state index in [1.165, 1.54) is 0 Å². The lowest BCUT2D eigenvalue weighted by Crippen LogP contribution is -2.09. The monoisotopic (exact) mass is 305 g/mol. The molecule has 8 heteroatoms. The quantitative estimate of drug-likeness (QED) is 0.387. The molecule has 110 valence electrons. The lowest BCUT2D eigenvalue weighted by molar-refractivity contribution is -0.386. The number of nitro benzene ring substituents is 1. The van der Waals surface area contributed by atoms with Crippen LogP contribution in [0.3, 0.4) is 0 Å². The minimum atomic E-state index is -0.467. The molecule has 1 heterocycles. The summed E-state index contributed by atoms with van der Waals surface area (Å²) >= 11 is 1.15. The van der Waals surface area contributed by atoms with Gasteiger partial charge in [-0.3, -0.25) is 16.0 Å². The molecule has 1 aromatic carbocycles. The molecular weight excluding hydrogens is 290 g/mol. The van der Waals surface area contributed by atoms with E-state index >= 15 is 0 Å². The highest BCUT2D eigenvalue weighted by Gasteiger charge is 2.21. The Bertz CT molecular complexity index is 682. The maximum absolute atomic E-state index is 11.2. The summed E-state index contributed by atoms with van der Waals surface area (Å²) in [4.78, 5) is 19.9. The van der Waals surface area contributed by atoms with Crippen molar-refractivity contribution in [2.75, 3.05) is 5.43 Å². The van der Waals surface area contributed by atoms with Crippen LogP contribution in [0.2, 0.25) is 0 Å². The smallest absolute Gasteiger partial charge is 0.307 e. The molecule has 0 unspecified atom stereocenters. The Morgan fingerprint density at radius 2 is 1.86 bits per heavy atom. The van der Waals surface area contributed by atoms with Crippen LogP contribution in [0.5, 0.6) is 0 Å². The Morgan fingerprint density at radius 3 is 2.38 bits per heavy atom. The van der Waals surface area contributed by atoms with Gasteiger partial charge in [0.2, 0.25) is 0 Å². The van der Waals surface area contributed by atoms with Crippen LogP contribution in [-0.2, 0) is 0 Å². The van der Waals surface area contributed by atoms with Crippen molar-refractivity contribution in [1.82, 2.24) is 9.97 Å². The maximum Gasteiger partial charge on any atom is 0.307 e. The van der Waals surface area contributed by atoms with Crippen LogP contribution >= 0.6 is 11.8 Å². The number of rotatable bonds is 4. The second kappa shape index (κ2) is 6.06. The number of hydrogen-bond acceptors (Lipinski definition) is 7. The van der Waals surface area contributed by atoms with Gasteiger partial charge in [0.1, 0.15) is 5.69 Å². The Kier molecular flexibility index (Phi) is 4.39. The van der Waals surface area contributed by atoms with E-state index in [0.717, 1.165) is 28.7 Å². The molecular formula is C13H15N5O2S. The zero-order valence-corrected chi connectivity index (χ0v) is 12.7. The van der Waals surface area contributed by atoms with E-state index in [-0.39, 0.29) is 11.4 Å². The molecule has 3 N–H and O–H groups in total. The topological polar surface area (TPSA) is 107 Å². The van der Waals surface area contributed by atoms with Crippen LogP contribution in [0.4, 0.5) is 11.4 Å². The summed E-state index contributed by atoms with van der Waals surface area (Å²) < 4.78 is 0. The number of nitrogens with zero attached hydrogens (tertiary/aromatic N) is 3. The number of aryl methyl sites for hydroxylation is 2. The van der Waals surface area contributed by atoms with Gasteiger partial charge in [0, 0.05) is 11.4 Å². The number of nitrogens with one attached hydrogen (secondary N) is 1. The van der Waals surface area contributed by atoms with Crippen molar-refractivity contribution in [3.05, 3.63) is 45.3 Å². The van der Waals surface area contributed by atoms with Crippen molar-refractivity contribution in [3.8, 4) is 0 Å². The normalized spacial score (nSPS) is 10.5. The van der Waals surface area contributed by atoms with Crippen LogP contribution < -0.4 is 11.3 Å². The molecule has 0 aliphatic rings. The number of aromatic nitrogens is 2. The van der Waals surface area contributed by atoms with Gasteiger partial charge in [-0.15, -0.1) is 0 Å². The zero-order valence-electron chi connectivity index (χ0n) is 11.9. The molecule has 7 nitrogen and oxygen atoms in total. The average Bonchev–Trinajstić information content (AvgIpc) is 2.44. The number of nitrogens with two attached hydrogens (primary N) is 1. The third-order valence-corrected chi connectivity index (χ3v) is 4.06. The van der Waals surface area contributed by atoms with Gasteiger partial charge in [-0.2, -0.15) is 0 Å².